The standard InChI is InChI=1S/C28H23N3O6S2/c1-15-3-5-17(6-4-15)24-16(2)39-28(31-24)30-23(32)14-38-20-10-8-19(9-11-20)29-25(33)21-12-7-18(26(34)35)13-22(21)27(36)37/h3-13H,14H2,1-2H3,(H,29,33)(H,34,35)(H,36,37)(H,30,31,32). The molecule has 0 unspecified atom stereocenters. The molecule has 0 bridgehead atoms. The van der Waals surface area contributed by atoms with E-state index in [1.54, 1.807) is 24.3 Å². The average molecular weight is 562 g/mol. The number of carboxylic acid groups (broad SMARTS) is 2. The normalized spacial score (nSPS) is 10.6. The molecule has 0 aliphatic rings. The third-order valence-corrected chi connectivity index (χ3v) is 7.49. The molecule has 0 radical (unpaired) electrons. The van der Waals surface area contributed by atoms with Crippen molar-refractivity contribution >= 4 is 57.7 Å². The van der Waals surface area contributed by atoms with Gasteiger partial charge in [-0.25, -0.2) is 14.6 Å². The number of carbonyl (C=O) groups excluding carboxylic acids is 2. The Bertz CT molecular complexity index is 1560. The lowest BCUT2D eigenvalue weighted by atomic mass is 10.0. The smallest absolute Gasteiger partial charge is 0.336 e. The van der Waals surface area contributed by atoms with Gasteiger partial charge in [0.25, 0.3) is 5.91 Å². The van der Waals surface area contributed by atoms with Crippen molar-refractivity contribution in [3.63, 3.8) is 0 Å². The second-order valence-electron chi connectivity index (χ2n) is 8.48. The summed E-state index contributed by atoms with van der Waals surface area (Å²) in [7, 11) is 0. The predicted octanol–water partition coefficient (Wildman–Crippen LogP) is 5.81. The molecule has 0 atom stereocenters. The van der Waals surface area contributed by atoms with Crippen LogP contribution in [0.5, 0.6) is 0 Å². The lowest BCUT2D eigenvalue weighted by molar-refractivity contribution is -0.113. The summed E-state index contributed by atoms with van der Waals surface area (Å²) in [6.45, 7) is 3.98. The minimum Gasteiger partial charge on any atom is -0.478 e. The van der Waals surface area contributed by atoms with Gasteiger partial charge in [0.05, 0.1) is 28.1 Å². The van der Waals surface area contributed by atoms with E-state index >= 15 is 0 Å². The Morgan fingerprint density at radius 3 is 2.18 bits per heavy atom. The van der Waals surface area contributed by atoms with E-state index in [0.29, 0.717) is 10.8 Å². The summed E-state index contributed by atoms with van der Waals surface area (Å²) in [5.74, 6) is -3.43. The van der Waals surface area contributed by atoms with Crippen LogP contribution in [-0.2, 0) is 4.79 Å². The SMILES string of the molecule is Cc1ccc(-c2nc(NC(=O)CSc3ccc(NC(=O)c4ccc(C(=O)O)cc4C(=O)O)cc3)sc2C)cc1. The van der Waals surface area contributed by atoms with E-state index in [1.165, 1.54) is 35.2 Å². The number of rotatable bonds is 9. The topological polar surface area (TPSA) is 146 Å². The van der Waals surface area contributed by atoms with Crippen molar-refractivity contribution in [1.82, 2.24) is 4.98 Å². The molecule has 0 spiro atoms. The number of amides is 2. The summed E-state index contributed by atoms with van der Waals surface area (Å²) in [5.41, 5.74) is 2.60. The molecule has 0 aliphatic heterocycles. The number of hydrogen-bond acceptors (Lipinski definition) is 7. The molecule has 1 aromatic heterocycles. The molecule has 11 heteroatoms. The molecular formula is C28H23N3O6S2. The zero-order valence-corrected chi connectivity index (χ0v) is 22.5. The number of hydrogen-bond donors (Lipinski definition) is 4. The van der Waals surface area contributed by atoms with E-state index < -0.39 is 23.4 Å². The van der Waals surface area contributed by atoms with Gasteiger partial charge in [0, 0.05) is 21.0 Å². The molecule has 9 nitrogen and oxygen atoms in total. The van der Waals surface area contributed by atoms with Crippen LogP contribution in [0.25, 0.3) is 11.3 Å². The number of thioether (sulfide) groups is 1. The van der Waals surface area contributed by atoms with Crippen LogP contribution in [0.15, 0.2) is 71.6 Å². The van der Waals surface area contributed by atoms with Crippen molar-refractivity contribution in [2.75, 3.05) is 16.4 Å². The van der Waals surface area contributed by atoms with Crippen LogP contribution in [0.3, 0.4) is 0 Å². The molecule has 1 heterocycles. The van der Waals surface area contributed by atoms with Gasteiger partial charge < -0.3 is 20.8 Å². The third-order valence-electron chi connectivity index (χ3n) is 5.59. The number of aryl methyl sites for hydroxylation is 2. The number of benzene rings is 3. The maximum Gasteiger partial charge on any atom is 0.336 e. The molecule has 2 amide bonds. The van der Waals surface area contributed by atoms with Crippen molar-refractivity contribution in [1.29, 1.82) is 0 Å². The van der Waals surface area contributed by atoms with Crippen LogP contribution in [0.4, 0.5) is 10.8 Å². The summed E-state index contributed by atoms with van der Waals surface area (Å²) in [6.07, 6.45) is 0. The monoisotopic (exact) mass is 561 g/mol. The molecule has 0 fully saturated rings. The molecule has 0 saturated heterocycles. The van der Waals surface area contributed by atoms with Gasteiger partial charge in [0.1, 0.15) is 0 Å². The highest BCUT2D eigenvalue weighted by atomic mass is 32.2. The minimum atomic E-state index is -1.41. The van der Waals surface area contributed by atoms with Gasteiger partial charge in [-0.15, -0.1) is 23.1 Å². The largest absolute Gasteiger partial charge is 0.478 e. The summed E-state index contributed by atoms with van der Waals surface area (Å²) in [6, 6.07) is 18.0. The first-order valence-electron chi connectivity index (χ1n) is 11.6. The van der Waals surface area contributed by atoms with Crippen molar-refractivity contribution in [3.8, 4) is 11.3 Å². The number of thiazole rings is 1. The van der Waals surface area contributed by atoms with Crippen molar-refractivity contribution in [2.45, 2.75) is 18.7 Å². The van der Waals surface area contributed by atoms with Gasteiger partial charge in [-0.3, -0.25) is 9.59 Å². The lowest BCUT2D eigenvalue weighted by Crippen LogP contribution is -2.17. The molecule has 198 valence electrons. The highest BCUT2D eigenvalue weighted by molar-refractivity contribution is 8.00. The number of carbonyl (C=O) groups is 4. The predicted molar refractivity (Wildman–Crippen MR) is 151 cm³/mol. The van der Waals surface area contributed by atoms with Crippen LogP contribution < -0.4 is 10.6 Å². The zero-order chi connectivity index (χ0) is 28.1. The van der Waals surface area contributed by atoms with E-state index in [9.17, 15) is 24.3 Å². The molecule has 4 aromatic rings. The maximum absolute atomic E-state index is 12.6. The van der Waals surface area contributed by atoms with Gasteiger partial charge in [-0.2, -0.15) is 0 Å². The van der Waals surface area contributed by atoms with E-state index in [4.69, 9.17) is 5.11 Å². The molecular weight excluding hydrogens is 538 g/mol. The summed E-state index contributed by atoms with van der Waals surface area (Å²) >= 11 is 2.73. The van der Waals surface area contributed by atoms with Crippen LogP contribution >= 0.6 is 23.1 Å². The number of nitrogens with one attached hydrogen (secondary N) is 2. The zero-order valence-electron chi connectivity index (χ0n) is 20.8. The molecule has 4 N–H and O–H groups in total. The van der Waals surface area contributed by atoms with Gasteiger partial charge in [0.2, 0.25) is 5.91 Å². The first-order valence-corrected chi connectivity index (χ1v) is 13.4. The number of nitrogens with zero attached hydrogens (tertiary/aromatic N) is 1. The minimum absolute atomic E-state index is 0.155. The Morgan fingerprint density at radius 1 is 0.846 bits per heavy atom. The highest BCUT2D eigenvalue weighted by Crippen LogP contribution is 2.31. The average Bonchev–Trinajstić information content (AvgIpc) is 3.27. The maximum atomic E-state index is 12.6. The second kappa shape index (κ2) is 11.9. The fourth-order valence-corrected chi connectivity index (χ4v) is 5.17. The van der Waals surface area contributed by atoms with Crippen LogP contribution in [0, 0.1) is 13.8 Å². The van der Waals surface area contributed by atoms with E-state index in [1.807, 2.05) is 38.1 Å². The number of aromatic carboxylic acids is 2. The second-order valence-corrected chi connectivity index (χ2v) is 10.7. The number of anilines is 2. The number of aromatic nitrogens is 1. The van der Waals surface area contributed by atoms with E-state index in [0.717, 1.165) is 32.7 Å². The first-order chi connectivity index (χ1) is 18.6. The Kier molecular flexibility index (Phi) is 8.43. The van der Waals surface area contributed by atoms with Gasteiger partial charge in [0.15, 0.2) is 5.13 Å². The molecule has 4 rings (SSSR count). The van der Waals surface area contributed by atoms with Crippen LogP contribution in [0.2, 0.25) is 0 Å². The Labute approximate surface area is 231 Å². The van der Waals surface area contributed by atoms with E-state index in [2.05, 4.69) is 15.6 Å². The highest BCUT2D eigenvalue weighted by Gasteiger charge is 2.19. The Balaban J connectivity index is 1.33. The molecule has 39 heavy (non-hydrogen) atoms. The van der Waals surface area contributed by atoms with Crippen molar-refractivity contribution in [2.24, 2.45) is 0 Å². The van der Waals surface area contributed by atoms with Crippen LogP contribution in [0.1, 0.15) is 41.5 Å². The Hall–Kier alpha value is -4.48. The fraction of sp³-hybridized carbons (Fsp3) is 0.107. The Morgan fingerprint density at radius 2 is 1.54 bits per heavy atom. The quantitative estimate of drug-likeness (QED) is 0.187. The van der Waals surface area contributed by atoms with Gasteiger partial charge >= 0.3 is 11.9 Å². The molecule has 0 saturated carbocycles. The summed E-state index contributed by atoms with van der Waals surface area (Å²) in [5, 5.41) is 24.4. The van der Waals surface area contributed by atoms with Gasteiger partial charge in [-0.05, 0) is 56.3 Å². The number of carboxylic acids is 2. The van der Waals surface area contributed by atoms with Crippen molar-refractivity contribution < 1.29 is 29.4 Å². The lowest BCUT2D eigenvalue weighted by Gasteiger charge is -2.09. The van der Waals surface area contributed by atoms with E-state index in [-0.39, 0.29) is 22.8 Å². The fourth-order valence-electron chi connectivity index (χ4n) is 3.62. The molecule has 0 aliphatic carbocycles. The van der Waals surface area contributed by atoms with Crippen LogP contribution in [-0.4, -0.2) is 44.7 Å². The summed E-state index contributed by atoms with van der Waals surface area (Å²) < 4.78 is 0. The first kappa shape index (κ1) is 27.6. The summed E-state index contributed by atoms with van der Waals surface area (Å²) in [4.78, 5) is 54.2. The third kappa shape index (κ3) is 6.89. The van der Waals surface area contributed by atoms with Crippen molar-refractivity contribution in [3.05, 3.63) is 93.9 Å². The molecule has 3 aromatic carbocycles. The van der Waals surface area contributed by atoms with Gasteiger partial charge in [-0.1, -0.05) is 29.8 Å².